The lowest BCUT2D eigenvalue weighted by Crippen LogP contribution is -2.40. The lowest BCUT2D eigenvalue weighted by molar-refractivity contribution is 0.491. The van der Waals surface area contributed by atoms with Crippen LogP contribution in [-0.4, -0.2) is 18.7 Å². The van der Waals surface area contributed by atoms with Crippen LogP contribution in [0.2, 0.25) is 0 Å². The zero-order valence-electron chi connectivity index (χ0n) is 17.3. The van der Waals surface area contributed by atoms with Gasteiger partial charge in [-0.3, -0.25) is 9.36 Å². The van der Waals surface area contributed by atoms with Crippen molar-refractivity contribution in [1.29, 1.82) is 0 Å². The summed E-state index contributed by atoms with van der Waals surface area (Å²) in [6.07, 6.45) is 2.14. The van der Waals surface area contributed by atoms with E-state index >= 15 is 0 Å². The van der Waals surface area contributed by atoms with Crippen molar-refractivity contribution >= 4 is 11.2 Å². The Morgan fingerprint density at radius 1 is 0.935 bits per heavy atom. The highest BCUT2D eigenvalue weighted by Crippen LogP contribution is 2.16. The molecule has 2 aromatic carbocycles. The third-order valence-corrected chi connectivity index (χ3v) is 5.18. The van der Waals surface area contributed by atoms with Crippen LogP contribution in [0, 0.1) is 17.6 Å². The van der Waals surface area contributed by atoms with Gasteiger partial charge in [0.2, 0.25) is 0 Å². The molecule has 6 nitrogen and oxygen atoms in total. The predicted octanol–water partition coefficient (Wildman–Crippen LogP) is 3.72. The molecule has 2 heterocycles. The second-order valence-corrected chi connectivity index (χ2v) is 7.90. The zero-order valence-corrected chi connectivity index (χ0v) is 17.3. The average molecular weight is 424 g/mol. The third kappa shape index (κ3) is 4.05. The van der Waals surface area contributed by atoms with Gasteiger partial charge in [-0.2, -0.15) is 0 Å². The van der Waals surface area contributed by atoms with E-state index in [0.717, 1.165) is 5.56 Å². The molecule has 0 N–H and O–H groups in total. The molecular weight excluding hydrogens is 402 g/mol. The maximum atomic E-state index is 13.5. The van der Waals surface area contributed by atoms with E-state index in [1.165, 1.54) is 51.9 Å². The van der Waals surface area contributed by atoms with Gasteiger partial charge in [0.25, 0.3) is 5.56 Å². The molecule has 160 valence electrons. The van der Waals surface area contributed by atoms with Crippen molar-refractivity contribution in [1.82, 2.24) is 18.7 Å². The van der Waals surface area contributed by atoms with E-state index in [0.29, 0.717) is 18.0 Å². The monoisotopic (exact) mass is 424 g/mol. The number of aromatic nitrogens is 4. The van der Waals surface area contributed by atoms with Crippen LogP contribution in [-0.2, 0) is 13.1 Å². The summed E-state index contributed by atoms with van der Waals surface area (Å²) >= 11 is 0. The smallest absolute Gasteiger partial charge is 0.320 e. The molecule has 0 aliphatic rings. The second kappa shape index (κ2) is 8.29. The Kier molecular flexibility index (Phi) is 5.54. The quantitative estimate of drug-likeness (QED) is 0.474. The molecule has 0 fully saturated rings. The van der Waals surface area contributed by atoms with Gasteiger partial charge in [-0.1, -0.05) is 26.0 Å². The van der Waals surface area contributed by atoms with Gasteiger partial charge < -0.3 is 4.57 Å². The van der Waals surface area contributed by atoms with Crippen molar-refractivity contribution < 1.29 is 8.78 Å². The molecule has 31 heavy (non-hydrogen) atoms. The number of hydrogen-bond donors (Lipinski definition) is 0. The molecule has 2 aromatic heterocycles. The summed E-state index contributed by atoms with van der Waals surface area (Å²) in [5.41, 5.74) is 0.715. The Hall–Kier alpha value is -3.55. The van der Waals surface area contributed by atoms with Gasteiger partial charge in [0.05, 0.1) is 12.0 Å². The fraction of sp³-hybridized carbons (Fsp3) is 0.261. The molecule has 0 unspecified atom stereocenters. The molecule has 0 radical (unpaired) electrons. The number of fused-ring (bicyclic) bond motifs is 1. The van der Waals surface area contributed by atoms with Crippen LogP contribution in [0.3, 0.4) is 0 Å². The van der Waals surface area contributed by atoms with Gasteiger partial charge in [0.15, 0.2) is 11.2 Å². The van der Waals surface area contributed by atoms with E-state index in [-0.39, 0.29) is 30.1 Å². The van der Waals surface area contributed by atoms with Crippen LogP contribution in [0.15, 0.2) is 64.4 Å². The summed E-state index contributed by atoms with van der Waals surface area (Å²) in [5, 5.41) is 0. The number of hydrogen-bond acceptors (Lipinski definition) is 3. The predicted molar refractivity (Wildman–Crippen MR) is 115 cm³/mol. The van der Waals surface area contributed by atoms with Gasteiger partial charge in [-0.25, -0.2) is 23.1 Å². The molecule has 0 amide bonds. The summed E-state index contributed by atoms with van der Waals surface area (Å²) in [7, 11) is 0. The Labute approximate surface area is 177 Å². The molecule has 0 aliphatic carbocycles. The fourth-order valence-corrected chi connectivity index (χ4v) is 3.49. The first-order valence-electron chi connectivity index (χ1n) is 10.1. The molecule has 4 rings (SSSR count). The average Bonchev–Trinajstić information content (AvgIpc) is 3.14. The standard InChI is InChI=1S/C23H22F2N4O2/c1-15(2)11-12-28-22(30)20-21(29(23(28)31)19-9-7-18(25)8-10-19)26-14-27(20)13-16-3-5-17(24)6-4-16/h3-10,14-15H,11-13H2,1-2H3. The lowest BCUT2D eigenvalue weighted by atomic mass is 10.1. The normalized spacial score (nSPS) is 11.5. The third-order valence-electron chi connectivity index (χ3n) is 5.18. The fourth-order valence-electron chi connectivity index (χ4n) is 3.49. The maximum absolute atomic E-state index is 13.5. The topological polar surface area (TPSA) is 61.8 Å². The first-order valence-corrected chi connectivity index (χ1v) is 10.1. The lowest BCUT2D eigenvalue weighted by Gasteiger charge is -2.13. The van der Waals surface area contributed by atoms with Gasteiger partial charge in [-0.15, -0.1) is 0 Å². The Balaban J connectivity index is 1.94. The van der Waals surface area contributed by atoms with Crippen LogP contribution in [0.1, 0.15) is 25.8 Å². The largest absolute Gasteiger partial charge is 0.337 e. The van der Waals surface area contributed by atoms with Crippen LogP contribution in [0.4, 0.5) is 8.78 Å². The van der Waals surface area contributed by atoms with Gasteiger partial charge in [0.1, 0.15) is 11.6 Å². The van der Waals surface area contributed by atoms with Crippen LogP contribution in [0.25, 0.3) is 16.9 Å². The molecule has 0 bridgehead atoms. The van der Waals surface area contributed by atoms with Crippen molar-refractivity contribution in [2.45, 2.75) is 33.4 Å². The van der Waals surface area contributed by atoms with Crippen LogP contribution < -0.4 is 11.2 Å². The Morgan fingerprint density at radius 3 is 2.16 bits per heavy atom. The van der Waals surface area contributed by atoms with Gasteiger partial charge >= 0.3 is 5.69 Å². The minimum Gasteiger partial charge on any atom is -0.320 e. The van der Waals surface area contributed by atoms with E-state index < -0.39 is 17.1 Å². The van der Waals surface area contributed by atoms with E-state index in [2.05, 4.69) is 4.98 Å². The molecular formula is C23H22F2N4O2. The van der Waals surface area contributed by atoms with Crippen molar-refractivity contribution in [2.24, 2.45) is 5.92 Å². The highest BCUT2D eigenvalue weighted by atomic mass is 19.1. The molecule has 4 aromatic rings. The number of imidazole rings is 1. The molecule has 0 aliphatic heterocycles. The number of benzene rings is 2. The van der Waals surface area contributed by atoms with Crippen molar-refractivity contribution in [3.8, 4) is 5.69 Å². The highest BCUT2D eigenvalue weighted by Gasteiger charge is 2.19. The van der Waals surface area contributed by atoms with Crippen molar-refractivity contribution in [3.63, 3.8) is 0 Å². The second-order valence-electron chi connectivity index (χ2n) is 7.90. The Bertz CT molecular complexity index is 1330. The van der Waals surface area contributed by atoms with E-state index in [9.17, 15) is 18.4 Å². The molecule has 0 atom stereocenters. The SMILES string of the molecule is CC(C)CCn1c(=O)c2c(ncn2Cc2ccc(F)cc2)n(-c2ccc(F)cc2)c1=O. The molecule has 0 saturated carbocycles. The van der Waals surface area contributed by atoms with E-state index in [1.54, 1.807) is 16.7 Å². The van der Waals surface area contributed by atoms with Crippen molar-refractivity contribution in [3.05, 3.63) is 92.9 Å². The van der Waals surface area contributed by atoms with Gasteiger partial charge in [-0.05, 0) is 54.3 Å². The number of nitrogens with zero attached hydrogens (tertiary/aromatic N) is 4. The summed E-state index contributed by atoms with van der Waals surface area (Å²) in [5.74, 6) is -0.478. The minimum atomic E-state index is -0.517. The molecule has 0 saturated heterocycles. The van der Waals surface area contributed by atoms with E-state index in [4.69, 9.17) is 0 Å². The summed E-state index contributed by atoms with van der Waals surface area (Å²) < 4.78 is 30.9. The Morgan fingerprint density at radius 2 is 1.55 bits per heavy atom. The maximum Gasteiger partial charge on any atom is 0.337 e. The number of rotatable bonds is 6. The first-order chi connectivity index (χ1) is 14.8. The number of halogens is 2. The van der Waals surface area contributed by atoms with E-state index in [1.807, 2.05) is 13.8 Å². The molecule has 8 heteroatoms. The van der Waals surface area contributed by atoms with Crippen LogP contribution in [0.5, 0.6) is 0 Å². The first kappa shape index (κ1) is 20.7. The van der Waals surface area contributed by atoms with Crippen LogP contribution >= 0.6 is 0 Å². The van der Waals surface area contributed by atoms with Gasteiger partial charge in [0, 0.05) is 13.1 Å². The summed E-state index contributed by atoms with van der Waals surface area (Å²) in [4.78, 5) is 30.9. The van der Waals surface area contributed by atoms with Crippen molar-refractivity contribution in [2.75, 3.05) is 0 Å². The zero-order chi connectivity index (χ0) is 22.1. The molecule has 0 spiro atoms. The minimum absolute atomic E-state index is 0.199. The summed E-state index contributed by atoms with van der Waals surface area (Å²) in [6, 6.07) is 11.4. The summed E-state index contributed by atoms with van der Waals surface area (Å²) in [6.45, 7) is 4.58. The highest BCUT2D eigenvalue weighted by molar-refractivity contribution is 5.72.